The molecule has 0 amide bonds. The van der Waals surface area contributed by atoms with Crippen molar-refractivity contribution in [1.29, 1.82) is 0 Å². The molecule has 0 aromatic heterocycles. The molecule has 0 N–H and O–H groups in total. The third kappa shape index (κ3) is 9.69. The molecule has 0 unspecified atom stereocenters. The van der Waals surface area contributed by atoms with Crippen LogP contribution in [-0.4, -0.2) is 16.2 Å². The quantitative estimate of drug-likeness (QED) is 0.181. The minimum atomic E-state index is -8.62. The first kappa shape index (κ1) is 45.8. The molecule has 0 saturated heterocycles. The predicted molar refractivity (Wildman–Crippen MR) is 129 cm³/mol. The summed E-state index contributed by atoms with van der Waals surface area (Å²) in [6, 6.07) is -9.43. The van der Waals surface area contributed by atoms with Gasteiger partial charge in [-0.2, -0.15) is 0 Å². The predicted octanol–water partition coefficient (Wildman–Crippen LogP) is 11.4. The van der Waals surface area contributed by atoms with Crippen molar-refractivity contribution < 1.29 is 119 Å². The van der Waals surface area contributed by atoms with Crippen molar-refractivity contribution in [3.05, 3.63) is 86.5 Å². The summed E-state index contributed by atoms with van der Waals surface area (Å²) in [5.74, 6) is 0. The molecule has 0 atom stereocenters. The van der Waals surface area contributed by atoms with Crippen molar-refractivity contribution >= 4 is 28.6 Å². The molecule has 0 saturated carbocycles. The molecule has 55 heavy (non-hydrogen) atoms. The molecule has 0 aliphatic carbocycles. The monoisotopic (exact) mass is 912 g/mol. The fourth-order valence-corrected chi connectivity index (χ4v) is 14.1. The molecule has 0 bridgehead atoms. The summed E-state index contributed by atoms with van der Waals surface area (Å²) in [7, 11) is 0. The third-order valence-corrected chi connectivity index (χ3v) is 14.8. The average Bonchev–Trinajstić information content (AvgIpc) is 2.92. The summed E-state index contributed by atoms with van der Waals surface area (Å²) in [5.41, 5.74) is -32.3. The average molecular weight is 913 g/mol. The van der Waals surface area contributed by atoms with E-state index in [1.54, 1.807) is 0 Å². The van der Waals surface area contributed by atoms with E-state index in [0.29, 0.717) is 0 Å². The van der Waals surface area contributed by atoms with Crippen LogP contribution in [0.25, 0.3) is 0 Å². The van der Waals surface area contributed by atoms with Crippen molar-refractivity contribution in [3.63, 3.8) is 0 Å². The number of hydrogen-bond donors (Lipinski definition) is 0. The van der Waals surface area contributed by atoms with E-state index < -0.39 is 171 Å². The fourth-order valence-electron chi connectivity index (χ4n) is 5.22. The Balaban J connectivity index is 3.14. The van der Waals surface area contributed by atoms with E-state index in [0.717, 1.165) is 0 Å². The van der Waals surface area contributed by atoms with Gasteiger partial charge >= 0.3 is 289 Å². The summed E-state index contributed by atoms with van der Waals surface area (Å²) >= 11 is -8.62. The Bertz CT molecular complexity index is 1590. The standard InChI is InChI=1S/3C9H2F9.Ga/c3*10-7(11,12)4-1-5(8(13,14)15)3-6(2-4)9(16,17)18;/h3*1-2H;. The first-order valence-corrected chi connectivity index (χ1v) is 16.8. The molecule has 0 radical (unpaired) electrons. The van der Waals surface area contributed by atoms with Crippen LogP contribution in [0.3, 0.4) is 0 Å². The maximum atomic E-state index is 14.5. The van der Waals surface area contributed by atoms with Crippen LogP contribution < -0.4 is 12.4 Å². The van der Waals surface area contributed by atoms with E-state index in [9.17, 15) is 119 Å². The summed E-state index contributed by atoms with van der Waals surface area (Å²) in [4.78, 5) is 0. The Morgan fingerprint density at radius 3 is 0.436 bits per heavy atom. The summed E-state index contributed by atoms with van der Waals surface area (Å²) in [6.07, 6.45) is -61.5. The second kappa shape index (κ2) is 13.5. The summed E-state index contributed by atoms with van der Waals surface area (Å²) in [6.45, 7) is 0. The molecule has 0 fully saturated rings. The fraction of sp³-hybridized carbons (Fsp3) is 0.333. The van der Waals surface area contributed by atoms with Crippen LogP contribution in [0.2, 0.25) is 0 Å². The van der Waals surface area contributed by atoms with Crippen LogP contribution in [0, 0.1) is 0 Å². The summed E-state index contributed by atoms with van der Waals surface area (Å²) < 4.78 is 372. The van der Waals surface area contributed by atoms with Gasteiger partial charge in [0.1, 0.15) is 0 Å². The number of hydrogen-bond acceptors (Lipinski definition) is 0. The summed E-state index contributed by atoms with van der Waals surface area (Å²) in [5, 5.41) is 0. The molecule has 3 aromatic carbocycles. The van der Waals surface area contributed by atoms with Crippen molar-refractivity contribution in [2.45, 2.75) is 55.6 Å². The zero-order valence-corrected chi connectivity index (χ0v) is 27.2. The van der Waals surface area contributed by atoms with E-state index in [1.807, 2.05) is 0 Å². The molecule has 306 valence electrons. The number of rotatable bonds is 3. The van der Waals surface area contributed by atoms with Crippen molar-refractivity contribution in [3.8, 4) is 0 Å². The van der Waals surface area contributed by atoms with Gasteiger partial charge in [0.2, 0.25) is 0 Å². The molecular formula is C27H6F27Ga. The van der Waals surface area contributed by atoms with Gasteiger partial charge in [-0.25, -0.2) is 0 Å². The second-order valence-corrected chi connectivity index (χ2v) is 16.3. The number of halogens is 27. The number of alkyl halides is 27. The van der Waals surface area contributed by atoms with Crippen LogP contribution in [0.4, 0.5) is 119 Å². The Morgan fingerprint density at radius 1 is 0.218 bits per heavy atom. The Labute approximate surface area is 289 Å². The molecular weight excluding hydrogens is 907 g/mol. The van der Waals surface area contributed by atoms with Crippen LogP contribution in [0.5, 0.6) is 0 Å². The molecule has 3 aromatic rings. The van der Waals surface area contributed by atoms with Crippen molar-refractivity contribution in [2.24, 2.45) is 0 Å². The van der Waals surface area contributed by atoms with Gasteiger partial charge in [0.25, 0.3) is 0 Å². The van der Waals surface area contributed by atoms with Gasteiger partial charge in [0, 0.05) is 0 Å². The molecule has 0 spiro atoms. The zero-order chi connectivity index (χ0) is 43.2. The second-order valence-electron chi connectivity index (χ2n) is 10.9. The minimum absolute atomic E-state index is 1.57. The van der Waals surface area contributed by atoms with Crippen molar-refractivity contribution in [2.75, 3.05) is 0 Å². The SMILES string of the molecule is FC(F)(F)c1cc(C(F)(F)F)[c]([Ga]([c]2c(C(F)(F)F)cc(C(F)(F)F)cc2C(F)(F)F)[c]2c(C(F)(F)F)cc(C(F)(F)F)cc2C(F)(F)F)c(C(F)(F)F)c1. The Hall–Kier alpha value is -3.59. The molecule has 28 heteroatoms. The van der Waals surface area contributed by atoms with Gasteiger partial charge in [0.15, 0.2) is 0 Å². The van der Waals surface area contributed by atoms with Crippen LogP contribution in [0.15, 0.2) is 36.4 Å². The Kier molecular flexibility index (Phi) is 11.3. The van der Waals surface area contributed by atoms with E-state index in [-0.39, 0.29) is 0 Å². The van der Waals surface area contributed by atoms with Crippen LogP contribution >= 0.6 is 0 Å². The van der Waals surface area contributed by atoms with Crippen LogP contribution in [0.1, 0.15) is 50.1 Å². The molecule has 0 heterocycles. The van der Waals surface area contributed by atoms with Gasteiger partial charge in [-0.1, -0.05) is 0 Å². The molecule has 0 nitrogen and oxygen atoms in total. The molecule has 0 aliphatic rings. The van der Waals surface area contributed by atoms with Gasteiger partial charge in [-0.05, 0) is 0 Å². The normalized spacial score (nSPS) is 14.5. The first-order valence-electron chi connectivity index (χ1n) is 13.2. The van der Waals surface area contributed by atoms with E-state index in [4.69, 9.17) is 0 Å². The zero-order valence-electron chi connectivity index (χ0n) is 24.7. The first-order chi connectivity index (χ1) is 24.0. The topological polar surface area (TPSA) is 0 Å². The van der Waals surface area contributed by atoms with Crippen molar-refractivity contribution in [1.82, 2.24) is 0 Å². The van der Waals surface area contributed by atoms with E-state index in [1.165, 1.54) is 0 Å². The van der Waals surface area contributed by atoms with Gasteiger partial charge < -0.3 is 0 Å². The number of benzene rings is 3. The van der Waals surface area contributed by atoms with Gasteiger partial charge in [-0.15, -0.1) is 0 Å². The van der Waals surface area contributed by atoms with Crippen LogP contribution in [-0.2, 0) is 55.6 Å². The van der Waals surface area contributed by atoms with E-state index in [2.05, 4.69) is 0 Å². The van der Waals surface area contributed by atoms with Gasteiger partial charge in [-0.3, -0.25) is 0 Å². The third-order valence-electron chi connectivity index (χ3n) is 7.22. The Morgan fingerprint density at radius 2 is 0.345 bits per heavy atom. The molecule has 0 aliphatic heterocycles. The molecule has 3 rings (SSSR count). The maximum absolute atomic E-state index is 14.5. The van der Waals surface area contributed by atoms with Gasteiger partial charge in [0.05, 0.1) is 0 Å². The van der Waals surface area contributed by atoms with E-state index >= 15 is 0 Å².